The molecule has 6 heteroatoms. The first-order valence-electron chi connectivity index (χ1n) is 9.70. The van der Waals surface area contributed by atoms with Gasteiger partial charge in [-0.15, -0.1) is 0 Å². The maximum atomic E-state index is 12.5. The van der Waals surface area contributed by atoms with Crippen LogP contribution in [0.2, 0.25) is 0 Å². The van der Waals surface area contributed by atoms with Gasteiger partial charge in [-0.25, -0.2) is 0 Å². The van der Waals surface area contributed by atoms with Crippen molar-refractivity contribution in [3.05, 3.63) is 23.8 Å². The van der Waals surface area contributed by atoms with E-state index in [2.05, 4.69) is 17.6 Å². The standard InChI is InChI=1S/C21H34N2O4/c1-6-7-8-9-19(24)23-20(15(2)3)21(25)22-13-12-16-10-11-17(26-4)18(14-16)27-5/h10-11,14-15,20H,6-9,12-13H2,1-5H3,(H,22,25)(H,23,24). The number of unbranched alkanes of at least 4 members (excludes halogenated alkanes) is 2. The Kier molecular flexibility index (Phi) is 10.3. The third-order valence-electron chi connectivity index (χ3n) is 4.43. The number of hydrogen-bond acceptors (Lipinski definition) is 4. The van der Waals surface area contributed by atoms with Gasteiger partial charge in [0.2, 0.25) is 11.8 Å². The van der Waals surface area contributed by atoms with Crippen molar-refractivity contribution in [1.29, 1.82) is 0 Å². The van der Waals surface area contributed by atoms with Crippen molar-refractivity contribution in [2.75, 3.05) is 20.8 Å². The Balaban J connectivity index is 2.53. The molecule has 2 amide bonds. The van der Waals surface area contributed by atoms with Crippen LogP contribution in [-0.2, 0) is 16.0 Å². The molecular formula is C21H34N2O4. The van der Waals surface area contributed by atoms with Crippen LogP contribution in [-0.4, -0.2) is 38.6 Å². The number of carbonyl (C=O) groups excluding carboxylic acids is 2. The average molecular weight is 379 g/mol. The summed E-state index contributed by atoms with van der Waals surface area (Å²) in [6.07, 6.45) is 4.08. The minimum atomic E-state index is -0.510. The van der Waals surface area contributed by atoms with E-state index in [1.165, 1.54) is 0 Å². The predicted octanol–water partition coefficient (Wildman–Crippen LogP) is 3.08. The zero-order chi connectivity index (χ0) is 20.2. The Hall–Kier alpha value is -2.24. The van der Waals surface area contributed by atoms with Crippen molar-refractivity contribution in [1.82, 2.24) is 10.6 Å². The first-order valence-corrected chi connectivity index (χ1v) is 9.70. The normalized spacial score (nSPS) is 11.8. The third-order valence-corrected chi connectivity index (χ3v) is 4.43. The number of nitrogens with one attached hydrogen (secondary N) is 2. The van der Waals surface area contributed by atoms with E-state index in [0.717, 1.165) is 24.8 Å². The van der Waals surface area contributed by atoms with Crippen molar-refractivity contribution in [3.63, 3.8) is 0 Å². The highest BCUT2D eigenvalue weighted by Crippen LogP contribution is 2.27. The zero-order valence-electron chi connectivity index (χ0n) is 17.3. The Labute approximate surface area is 163 Å². The summed E-state index contributed by atoms with van der Waals surface area (Å²) in [6.45, 7) is 6.46. The number of rotatable bonds is 12. The lowest BCUT2D eigenvalue weighted by Crippen LogP contribution is -2.50. The third kappa shape index (κ3) is 7.89. The fraction of sp³-hybridized carbons (Fsp3) is 0.619. The summed E-state index contributed by atoms with van der Waals surface area (Å²) in [5.74, 6) is 1.17. The van der Waals surface area contributed by atoms with Gasteiger partial charge >= 0.3 is 0 Å². The molecule has 0 saturated carbocycles. The van der Waals surface area contributed by atoms with Gasteiger partial charge in [0, 0.05) is 13.0 Å². The van der Waals surface area contributed by atoms with Crippen LogP contribution in [0.3, 0.4) is 0 Å². The smallest absolute Gasteiger partial charge is 0.242 e. The number of benzene rings is 1. The Morgan fingerprint density at radius 3 is 2.37 bits per heavy atom. The maximum Gasteiger partial charge on any atom is 0.242 e. The fourth-order valence-corrected chi connectivity index (χ4v) is 2.79. The average Bonchev–Trinajstić information content (AvgIpc) is 2.65. The Morgan fingerprint density at radius 2 is 1.78 bits per heavy atom. The molecule has 0 bridgehead atoms. The molecule has 0 aliphatic rings. The molecule has 0 spiro atoms. The van der Waals surface area contributed by atoms with Crippen LogP contribution in [0.5, 0.6) is 11.5 Å². The summed E-state index contributed by atoms with van der Waals surface area (Å²) in [6, 6.07) is 5.19. The van der Waals surface area contributed by atoms with Crippen molar-refractivity contribution < 1.29 is 19.1 Å². The van der Waals surface area contributed by atoms with E-state index < -0.39 is 6.04 Å². The summed E-state index contributed by atoms with van der Waals surface area (Å²) in [5, 5.41) is 5.80. The van der Waals surface area contributed by atoms with Crippen LogP contribution >= 0.6 is 0 Å². The van der Waals surface area contributed by atoms with Gasteiger partial charge < -0.3 is 20.1 Å². The quantitative estimate of drug-likeness (QED) is 0.548. The van der Waals surface area contributed by atoms with Crippen LogP contribution in [0.1, 0.15) is 52.0 Å². The minimum Gasteiger partial charge on any atom is -0.493 e. The number of amides is 2. The molecule has 0 aromatic heterocycles. The number of methoxy groups -OCH3 is 2. The van der Waals surface area contributed by atoms with Gasteiger partial charge in [-0.05, 0) is 36.5 Å². The molecule has 0 radical (unpaired) electrons. The van der Waals surface area contributed by atoms with Crippen LogP contribution in [0.4, 0.5) is 0 Å². The first-order chi connectivity index (χ1) is 12.9. The van der Waals surface area contributed by atoms with Crippen molar-refractivity contribution in [2.24, 2.45) is 5.92 Å². The summed E-state index contributed by atoms with van der Waals surface area (Å²) in [4.78, 5) is 24.5. The van der Waals surface area contributed by atoms with Crippen molar-refractivity contribution in [2.45, 2.75) is 58.9 Å². The van der Waals surface area contributed by atoms with Crippen LogP contribution in [0.15, 0.2) is 18.2 Å². The van der Waals surface area contributed by atoms with E-state index in [-0.39, 0.29) is 17.7 Å². The largest absolute Gasteiger partial charge is 0.493 e. The molecule has 0 saturated heterocycles. The maximum absolute atomic E-state index is 12.5. The zero-order valence-corrected chi connectivity index (χ0v) is 17.3. The summed E-state index contributed by atoms with van der Waals surface area (Å²) >= 11 is 0. The number of hydrogen-bond donors (Lipinski definition) is 2. The second-order valence-corrected chi connectivity index (χ2v) is 6.98. The summed E-state index contributed by atoms with van der Waals surface area (Å²) in [7, 11) is 3.19. The number of carbonyl (C=O) groups is 2. The van der Waals surface area contributed by atoms with Gasteiger partial charge in [0.1, 0.15) is 6.04 Å². The molecule has 27 heavy (non-hydrogen) atoms. The van der Waals surface area contributed by atoms with E-state index in [9.17, 15) is 9.59 Å². The van der Waals surface area contributed by atoms with E-state index in [1.54, 1.807) is 14.2 Å². The lowest BCUT2D eigenvalue weighted by Gasteiger charge is -2.22. The highest BCUT2D eigenvalue weighted by Gasteiger charge is 2.23. The second-order valence-electron chi connectivity index (χ2n) is 6.98. The molecule has 1 aromatic rings. The number of ether oxygens (including phenoxy) is 2. The van der Waals surface area contributed by atoms with Gasteiger partial charge in [0.25, 0.3) is 0 Å². The van der Waals surface area contributed by atoms with E-state index in [4.69, 9.17) is 9.47 Å². The molecule has 0 aliphatic carbocycles. The highest BCUT2D eigenvalue weighted by atomic mass is 16.5. The van der Waals surface area contributed by atoms with E-state index in [0.29, 0.717) is 30.9 Å². The molecule has 1 atom stereocenters. The molecule has 0 heterocycles. The SMILES string of the molecule is CCCCCC(=O)NC(C(=O)NCCc1ccc(OC)c(OC)c1)C(C)C. The highest BCUT2D eigenvalue weighted by molar-refractivity contribution is 5.87. The van der Waals surface area contributed by atoms with Gasteiger partial charge in [-0.2, -0.15) is 0 Å². The molecule has 152 valence electrons. The first kappa shape index (κ1) is 22.8. The van der Waals surface area contributed by atoms with Crippen LogP contribution in [0.25, 0.3) is 0 Å². The Morgan fingerprint density at radius 1 is 1.07 bits per heavy atom. The monoisotopic (exact) mass is 378 g/mol. The van der Waals surface area contributed by atoms with Crippen molar-refractivity contribution in [3.8, 4) is 11.5 Å². The molecule has 1 unspecified atom stereocenters. The van der Waals surface area contributed by atoms with Gasteiger partial charge in [0.05, 0.1) is 14.2 Å². The fourth-order valence-electron chi connectivity index (χ4n) is 2.79. The molecule has 0 fully saturated rings. The molecule has 1 aromatic carbocycles. The minimum absolute atomic E-state index is 0.0289. The summed E-state index contributed by atoms with van der Waals surface area (Å²) in [5.41, 5.74) is 1.04. The summed E-state index contributed by atoms with van der Waals surface area (Å²) < 4.78 is 10.5. The topological polar surface area (TPSA) is 76.7 Å². The van der Waals surface area contributed by atoms with Crippen molar-refractivity contribution >= 4 is 11.8 Å². The lowest BCUT2D eigenvalue weighted by atomic mass is 10.0. The molecular weight excluding hydrogens is 344 g/mol. The molecule has 6 nitrogen and oxygen atoms in total. The van der Waals surface area contributed by atoms with E-state index in [1.807, 2.05) is 32.0 Å². The molecule has 2 N–H and O–H groups in total. The van der Waals surface area contributed by atoms with Gasteiger partial charge in [-0.3, -0.25) is 9.59 Å². The van der Waals surface area contributed by atoms with E-state index >= 15 is 0 Å². The molecule has 0 aliphatic heterocycles. The van der Waals surface area contributed by atoms with Gasteiger partial charge in [-0.1, -0.05) is 39.7 Å². The Bertz CT molecular complexity index is 602. The second kappa shape index (κ2) is 12.2. The predicted molar refractivity (Wildman–Crippen MR) is 107 cm³/mol. The van der Waals surface area contributed by atoms with Crippen LogP contribution in [0, 0.1) is 5.92 Å². The lowest BCUT2D eigenvalue weighted by molar-refractivity contribution is -0.130. The van der Waals surface area contributed by atoms with Crippen LogP contribution < -0.4 is 20.1 Å². The molecule has 1 rings (SSSR count). The van der Waals surface area contributed by atoms with Gasteiger partial charge in [0.15, 0.2) is 11.5 Å².